The number of benzene rings is 3. The van der Waals surface area contributed by atoms with Gasteiger partial charge in [0.2, 0.25) is 41.4 Å². The highest BCUT2D eigenvalue weighted by Crippen LogP contribution is 2.25. The van der Waals surface area contributed by atoms with Crippen molar-refractivity contribution < 1.29 is 79.9 Å². The van der Waals surface area contributed by atoms with Gasteiger partial charge in [-0.3, -0.25) is 63.0 Å². The number of Topliss-reactive ketones (excluding diaryl/α,β-unsaturated/α-hetero) is 1. The summed E-state index contributed by atoms with van der Waals surface area (Å²) in [4.78, 5) is 118. The lowest BCUT2D eigenvalue weighted by atomic mass is 10.0. The molecular formula is C79H118F3N13O14. The highest BCUT2D eigenvalue weighted by Gasteiger charge is 2.36. The highest BCUT2D eigenvalue weighted by molar-refractivity contribution is 5.81. The van der Waals surface area contributed by atoms with Crippen LogP contribution in [-0.2, 0) is 86.4 Å². The van der Waals surface area contributed by atoms with Crippen molar-refractivity contribution in [3.63, 3.8) is 0 Å². The smallest absolute Gasteiger partial charge is 0.222 e. The van der Waals surface area contributed by atoms with E-state index in [1.807, 2.05) is 36.4 Å². The summed E-state index contributed by atoms with van der Waals surface area (Å²) >= 11 is 0. The predicted molar refractivity (Wildman–Crippen MR) is 402 cm³/mol. The van der Waals surface area contributed by atoms with Gasteiger partial charge in [0.1, 0.15) is 28.8 Å². The van der Waals surface area contributed by atoms with Gasteiger partial charge in [-0.15, -0.1) is 0 Å². The maximum atomic E-state index is 13.7. The van der Waals surface area contributed by atoms with E-state index in [0.717, 1.165) is 173 Å². The Morgan fingerprint density at radius 3 is 0.927 bits per heavy atom. The molecular weight excluding hydrogens is 1410 g/mol. The lowest BCUT2D eigenvalue weighted by Crippen LogP contribution is -2.58. The van der Waals surface area contributed by atoms with Crippen molar-refractivity contribution in [3.8, 4) is 0 Å². The molecule has 27 nitrogen and oxygen atoms in total. The van der Waals surface area contributed by atoms with Gasteiger partial charge in [-0.05, 0) is 105 Å². The number of nitrogens with one attached hydrogen (secondary N) is 7. The van der Waals surface area contributed by atoms with E-state index in [0.29, 0.717) is 19.6 Å². The minimum atomic E-state index is -1.42. The number of nitrogens with zero attached hydrogens (tertiary/aromatic N) is 6. The summed E-state index contributed by atoms with van der Waals surface area (Å²) in [5, 5.41) is 20.1. The molecule has 6 unspecified atom stereocenters. The summed E-state index contributed by atoms with van der Waals surface area (Å²) in [5.74, 6) is -3.09. The molecule has 0 saturated carbocycles. The first-order valence-corrected chi connectivity index (χ1v) is 39.5. The SMILES string of the molecule is CC(=O)CCCC(=O)NC(COCCC(=O)NCCC(=O)NCC1CCC(CN2CCN(Cc3ccc(F)cc3)CC2)O1)(COCCC(=O)NCCC(=O)NCC1CCC(CN2CCN(Cc3ccc(F)cc3)CC2)O1)COCCC(=O)NCCC(=O)NCC1CCC(CN2CCN(Cc3ccc(F)cc3)CC2)O1. The number of carbonyl (C=O) groups excluding carboxylic acids is 8. The van der Waals surface area contributed by atoms with Crippen LogP contribution in [0.1, 0.15) is 120 Å². The Bertz CT molecular complexity index is 2960. The van der Waals surface area contributed by atoms with Gasteiger partial charge in [-0.25, -0.2) is 13.2 Å². The van der Waals surface area contributed by atoms with Gasteiger partial charge in [-0.2, -0.15) is 0 Å². The summed E-state index contributed by atoms with van der Waals surface area (Å²) in [6, 6.07) is 19.9. The lowest BCUT2D eigenvalue weighted by Gasteiger charge is -2.35. The normalized spacial score (nSPS) is 21.7. The topological polar surface area (TPSA) is 296 Å². The molecule has 0 spiro atoms. The Morgan fingerprint density at radius 1 is 0.358 bits per heavy atom. The Labute approximate surface area is 640 Å². The zero-order valence-electron chi connectivity index (χ0n) is 63.7. The molecule has 7 N–H and O–H groups in total. The highest BCUT2D eigenvalue weighted by atomic mass is 19.1. The number of hydrogen-bond acceptors (Lipinski definition) is 20. The first kappa shape index (κ1) is 85.9. The van der Waals surface area contributed by atoms with E-state index in [4.69, 9.17) is 28.4 Å². The average molecular weight is 1530 g/mol. The van der Waals surface area contributed by atoms with Crippen LogP contribution in [0.15, 0.2) is 72.8 Å². The van der Waals surface area contributed by atoms with Crippen LogP contribution in [0.2, 0.25) is 0 Å². The number of piperazine rings is 3. The van der Waals surface area contributed by atoms with Crippen molar-refractivity contribution in [3.05, 3.63) is 107 Å². The fraction of sp³-hybridized carbons (Fsp3) is 0.671. The van der Waals surface area contributed by atoms with E-state index < -0.39 is 11.4 Å². The zero-order chi connectivity index (χ0) is 77.0. The van der Waals surface area contributed by atoms with Crippen LogP contribution in [-0.4, -0.2) is 296 Å². The van der Waals surface area contributed by atoms with Gasteiger partial charge < -0.3 is 70.4 Å². The summed E-state index contributed by atoms with van der Waals surface area (Å²) in [6.07, 6.45) is 5.24. The summed E-state index contributed by atoms with van der Waals surface area (Å²) in [6.45, 7) is 17.4. The molecule has 0 bridgehead atoms. The predicted octanol–water partition coefficient (Wildman–Crippen LogP) is 3.20. The Morgan fingerprint density at radius 2 is 0.633 bits per heavy atom. The molecule has 109 heavy (non-hydrogen) atoms. The van der Waals surface area contributed by atoms with Gasteiger partial charge >= 0.3 is 0 Å². The Hall–Kier alpha value is -7.07. The fourth-order valence-corrected chi connectivity index (χ4v) is 14.5. The van der Waals surface area contributed by atoms with Crippen LogP contribution in [0.3, 0.4) is 0 Å². The molecule has 6 aliphatic heterocycles. The third kappa shape index (κ3) is 33.4. The molecule has 3 aromatic carbocycles. The number of ketones is 1. The second-order valence-electron chi connectivity index (χ2n) is 30.0. The molecule has 30 heteroatoms. The first-order chi connectivity index (χ1) is 52.8. The molecule has 6 saturated heterocycles. The van der Waals surface area contributed by atoms with Crippen molar-refractivity contribution >= 4 is 47.1 Å². The minimum Gasteiger partial charge on any atom is -0.378 e. The largest absolute Gasteiger partial charge is 0.378 e. The Balaban J connectivity index is 0.667. The quantitative estimate of drug-likeness (QED) is 0.0400. The third-order valence-electron chi connectivity index (χ3n) is 20.8. The number of ether oxygens (including phenoxy) is 6. The maximum Gasteiger partial charge on any atom is 0.222 e. The summed E-state index contributed by atoms with van der Waals surface area (Å²) < 4.78 is 77.3. The van der Waals surface area contributed by atoms with Gasteiger partial charge in [0.05, 0.1) is 76.3 Å². The Kier molecular flexibility index (Phi) is 36.8. The van der Waals surface area contributed by atoms with E-state index in [1.165, 1.54) is 43.3 Å². The summed E-state index contributed by atoms with van der Waals surface area (Å²) in [5.41, 5.74) is 1.84. The molecule has 0 aliphatic carbocycles. The van der Waals surface area contributed by atoms with Crippen LogP contribution in [0.25, 0.3) is 0 Å². The molecule has 6 heterocycles. The number of rotatable bonds is 47. The number of halogens is 3. The van der Waals surface area contributed by atoms with E-state index in [1.54, 1.807) is 0 Å². The van der Waals surface area contributed by atoms with E-state index in [9.17, 15) is 51.5 Å². The third-order valence-corrected chi connectivity index (χ3v) is 20.8. The van der Waals surface area contributed by atoms with Crippen LogP contribution in [0.4, 0.5) is 13.2 Å². The van der Waals surface area contributed by atoms with Crippen LogP contribution in [0.5, 0.6) is 0 Å². The lowest BCUT2D eigenvalue weighted by molar-refractivity contribution is -0.131. The van der Waals surface area contributed by atoms with Crippen molar-refractivity contribution in [2.75, 3.05) is 177 Å². The molecule has 0 aromatic heterocycles. The van der Waals surface area contributed by atoms with E-state index in [2.05, 4.69) is 66.6 Å². The van der Waals surface area contributed by atoms with Crippen LogP contribution in [0, 0.1) is 17.5 Å². The van der Waals surface area contributed by atoms with Crippen LogP contribution >= 0.6 is 0 Å². The molecule has 0 radical (unpaired) electrons. The average Bonchev–Trinajstić information content (AvgIpc) is 1.73. The first-order valence-electron chi connectivity index (χ1n) is 39.5. The molecule has 6 atom stereocenters. The number of amides is 7. The molecule has 6 fully saturated rings. The van der Waals surface area contributed by atoms with E-state index in [-0.39, 0.29) is 212 Å². The van der Waals surface area contributed by atoms with Gasteiger partial charge in [0.15, 0.2) is 0 Å². The van der Waals surface area contributed by atoms with Crippen molar-refractivity contribution in [1.82, 2.24) is 66.6 Å². The van der Waals surface area contributed by atoms with E-state index >= 15 is 0 Å². The van der Waals surface area contributed by atoms with Gasteiger partial charge in [0.25, 0.3) is 0 Å². The molecule has 7 amide bonds. The van der Waals surface area contributed by atoms with Gasteiger partial charge in [-0.1, -0.05) is 36.4 Å². The monoisotopic (exact) mass is 1530 g/mol. The minimum absolute atomic E-state index is 0.0260. The second-order valence-corrected chi connectivity index (χ2v) is 30.0. The molecule has 604 valence electrons. The standard InChI is InChI=1S/C79H118F3N13O14/c1-59(96)3-2-4-78(103)89-79(56-104-44-26-75(100)83-29-23-72(97)86-47-66-17-20-69(107-66)53-93-38-32-90(33-39-93)50-60-5-11-63(80)12-6-60,57-105-45-27-76(101)84-30-24-73(98)87-48-67-18-21-70(108-67)54-94-40-34-91(35-41-94)51-61-7-13-64(81)14-8-61)58-106-46-28-77(102)85-31-25-74(99)88-49-68-19-22-71(109-68)55-95-42-36-92(37-43-95)52-62-9-15-65(82)16-10-62/h5-16,66-71H,2-4,17-58H2,1H3,(H,83,100)(H,84,101)(H,85,102)(H,86,97)(H,87,98)(H,88,99)(H,89,103). The number of hydrogen-bond donors (Lipinski definition) is 7. The maximum absolute atomic E-state index is 13.7. The molecule has 3 aromatic rings. The molecule has 6 aliphatic rings. The fourth-order valence-electron chi connectivity index (χ4n) is 14.5. The van der Waals surface area contributed by atoms with Crippen molar-refractivity contribution in [2.45, 2.75) is 165 Å². The van der Waals surface area contributed by atoms with Crippen molar-refractivity contribution in [1.29, 1.82) is 0 Å². The second kappa shape index (κ2) is 46.7. The summed E-state index contributed by atoms with van der Waals surface area (Å²) in [7, 11) is 0. The van der Waals surface area contributed by atoms with Crippen molar-refractivity contribution in [2.24, 2.45) is 0 Å². The number of carbonyl (C=O) groups is 8. The van der Waals surface area contributed by atoms with Gasteiger partial charge in [0, 0.05) is 208 Å². The zero-order valence-corrected chi connectivity index (χ0v) is 63.7. The molecule has 9 rings (SSSR count). The van der Waals surface area contributed by atoms with Crippen LogP contribution < -0.4 is 37.2 Å².